The van der Waals surface area contributed by atoms with Gasteiger partial charge in [0, 0.05) is 26.8 Å². The van der Waals surface area contributed by atoms with Gasteiger partial charge in [0.15, 0.2) is 5.69 Å². The maximum atomic E-state index is 12.6. The Balaban J connectivity index is 3.22. The van der Waals surface area contributed by atoms with E-state index in [1.807, 2.05) is 6.92 Å². The molecule has 0 aliphatic carbocycles. The maximum Gasteiger partial charge on any atom is 0.246 e. The van der Waals surface area contributed by atoms with Crippen molar-refractivity contribution in [3.05, 3.63) is 24.0 Å². The summed E-state index contributed by atoms with van der Waals surface area (Å²) in [5.74, 6) is -0.325. The van der Waals surface area contributed by atoms with E-state index < -0.39 is 10.0 Å². The molecule has 0 spiro atoms. The smallest absolute Gasteiger partial charge is 0.246 e. The minimum absolute atomic E-state index is 0.170. The highest BCUT2D eigenvalue weighted by Gasteiger charge is 2.29. The van der Waals surface area contributed by atoms with Gasteiger partial charge in [0.2, 0.25) is 15.9 Å². The highest BCUT2D eigenvalue weighted by Crippen LogP contribution is 2.18. The summed E-state index contributed by atoms with van der Waals surface area (Å²) in [7, 11) is -0.815. The van der Waals surface area contributed by atoms with E-state index in [4.69, 9.17) is 5.26 Å². The zero-order valence-corrected chi connectivity index (χ0v) is 13.1. The summed E-state index contributed by atoms with van der Waals surface area (Å²) in [6.45, 7) is 1.75. The third-order valence-corrected chi connectivity index (χ3v) is 4.65. The fourth-order valence-corrected chi connectivity index (χ4v) is 3.22. The molecule has 1 heterocycles. The zero-order valence-electron chi connectivity index (χ0n) is 12.3. The molecule has 0 unspecified atom stereocenters. The summed E-state index contributed by atoms with van der Waals surface area (Å²) in [5, 5.41) is 8.99. The molecule has 8 heteroatoms. The van der Waals surface area contributed by atoms with Crippen molar-refractivity contribution in [2.45, 2.75) is 18.2 Å². The van der Waals surface area contributed by atoms with Gasteiger partial charge in [-0.05, 0) is 18.6 Å². The lowest BCUT2D eigenvalue weighted by molar-refractivity contribution is -0.128. The van der Waals surface area contributed by atoms with Gasteiger partial charge >= 0.3 is 0 Å². The molecule has 0 aliphatic rings. The number of nitrogens with zero attached hydrogens (tertiary/aromatic N) is 4. The minimum atomic E-state index is -3.93. The van der Waals surface area contributed by atoms with Crippen LogP contribution < -0.4 is 0 Å². The Morgan fingerprint density at radius 2 is 2.10 bits per heavy atom. The third-order valence-electron chi connectivity index (χ3n) is 2.78. The molecule has 0 fully saturated rings. The molecule has 0 N–H and O–H groups in total. The van der Waals surface area contributed by atoms with Gasteiger partial charge in [0.1, 0.15) is 11.0 Å². The van der Waals surface area contributed by atoms with Crippen LogP contribution in [0.3, 0.4) is 0 Å². The van der Waals surface area contributed by atoms with E-state index in [0.717, 1.165) is 4.31 Å². The van der Waals surface area contributed by atoms with Gasteiger partial charge in [-0.1, -0.05) is 6.92 Å². The molecular weight excluding hydrogens is 292 g/mol. The van der Waals surface area contributed by atoms with E-state index >= 15 is 0 Å². The summed E-state index contributed by atoms with van der Waals surface area (Å²) >= 11 is 0. The zero-order chi connectivity index (χ0) is 16.0. The van der Waals surface area contributed by atoms with Gasteiger partial charge < -0.3 is 4.90 Å². The Labute approximate surface area is 124 Å². The number of sulfonamides is 1. The Morgan fingerprint density at radius 3 is 2.62 bits per heavy atom. The van der Waals surface area contributed by atoms with Crippen LogP contribution in [0.15, 0.2) is 23.2 Å². The lowest BCUT2D eigenvalue weighted by Crippen LogP contribution is -2.40. The average molecular weight is 310 g/mol. The van der Waals surface area contributed by atoms with Gasteiger partial charge in [0.25, 0.3) is 0 Å². The first-order valence-electron chi connectivity index (χ1n) is 6.40. The van der Waals surface area contributed by atoms with Crippen molar-refractivity contribution >= 4 is 15.9 Å². The van der Waals surface area contributed by atoms with E-state index in [0.29, 0.717) is 6.42 Å². The van der Waals surface area contributed by atoms with Crippen LogP contribution in [0.4, 0.5) is 0 Å². The molecule has 0 saturated heterocycles. The summed E-state index contributed by atoms with van der Waals surface area (Å²) in [4.78, 5) is 16.7. The largest absolute Gasteiger partial charge is 0.348 e. The van der Waals surface area contributed by atoms with E-state index in [1.165, 1.54) is 23.2 Å². The van der Waals surface area contributed by atoms with Crippen LogP contribution in [0.5, 0.6) is 0 Å². The summed E-state index contributed by atoms with van der Waals surface area (Å²) < 4.78 is 26.3. The molecule has 114 valence electrons. The molecule has 0 radical (unpaired) electrons. The van der Waals surface area contributed by atoms with Crippen LogP contribution in [-0.4, -0.2) is 55.7 Å². The number of amides is 1. The SMILES string of the molecule is CCCN(CC(=O)N(C)C)S(=O)(=O)c1cccnc1C#N. The molecule has 0 bridgehead atoms. The lowest BCUT2D eigenvalue weighted by atomic mass is 10.4. The standard InChI is InChI=1S/C13H18N4O3S/c1-4-8-17(10-13(18)16(2)3)21(19,20)12-6-5-7-15-11(12)9-14/h5-7H,4,8,10H2,1-3H3. The van der Waals surface area contributed by atoms with Crippen molar-refractivity contribution < 1.29 is 13.2 Å². The van der Waals surface area contributed by atoms with Crippen molar-refractivity contribution in [2.75, 3.05) is 27.2 Å². The van der Waals surface area contributed by atoms with Crippen molar-refractivity contribution in [3.63, 3.8) is 0 Å². The molecule has 1 rings (SSSR count). The van der Waals surface area contributed by atoms with E-state index in [2.05, 4.69) is 4.98 Å². The highest BCUT2D eigenvalue weighted by atomic mass is 32.2. The second-order valence-corrected chi connectivity index (χ2v) is 6.50. The first-order chi connectivity index (χ1) is 9.84. The van der Waals surface area contributed by atoms with Gasteiger partial charge in [-0.25, -0.2) is 13.4 Å². The Kier molecular flexibility index (Phi) is 5.81. The van der Waals surface area contributed by atoms with Gasteiger partial charge in [-0.2, -0.15) is 9.57 Å². The molecule has 1 aromatic heterocycles. The molecular formula is C13H18N4O3S. The number of nitriles is 1. The molecule has 0 atom stereocenters. The maximum absolute atomic E-state index is 12.6. The normalized spacial score (nSPS) is 11.2. The predicted molar refractivity (Wildman–Crippen MR) is 76.7 cm³/mol. The molecule has 21 heavy (non-hydrogen) atoms. The third kappa shape index (κ3) is 4.00. The number of carbonyl (C=O) groups is 1. The summed E-state index contributed by atoms with van der Waals surface area (Å²) in [6.07, 6.45) is 1.91. The van der Waals surface area contributed by atoms with Crippen molar-refractivity contribution in [1.29, 1.82) is 5.26 Å². The first-order valence-corrected chi connectivity index (χ1v) is 7.84. The number of carbonyl (C=O) groups excluding carboxylic acids is 1. The molecule has 0 saturated carbocycles. The van der Waals surface area contributed by atoms with Gasteiger partial charge in [-0.15, -0.1) is 0 Å². The highest BCUT2D eigenvalue weighted by molar-refractivity contribution is 7.89. The predicted octanol–water partition coefficient (Wildman–Crippen LogP) is 0.442. The first kappa shape index (κ1) is 17.1. The number of pyridine rings is 1. The van der Waals surface area contributed by atoms with Crippen LogP contribution in [0.2, 0.25) is 0 Å². The Hall–Kier alpha value is -1.98. The van der Waals surface area contributed by atoms with Crippen LogP contribution >= 0.6 is 0 Å². The van der Waals surface area contributed by atoms with Crippen LogP contribution in [-0.2, 0) is 14.8 Å². The number of rotatable bonds is 6. The molecule has 0 aromatic carbocycles. The summed E-state index contributed by atoms with van der Waals surface area (Å²) in [6, 6.07) is 4.54. The molecule has 1 amide bonds. The van der Waals surface area contributed by atoms with Gasteiger partial charge in [-0.3, -0.25) is 4.79 Å². The quantitative estimate of drug-likeness (QED) is 0.760. The second kappa shape index (κ2) is 7.15. The van der Waals surface area contributed by atoms with Crippen molar-refractivity contribution in [3.8, 4) is 6.07 Å². The number of hydrogen-bond acceptors (Lipinski definition) is 5. The number of likely N-dealkylation sites (N-methyl/N-ethyl adjacent to an activating group) is 1. The lowest BCUT2D eigenvalue weighted by Gasteiger charge is -2.23. The monoisotopic (exact) mass is 310 g/mol. The Morgan fingerprint density at radius 1 is 1.43 bits per heavy atom. The van der Waals surface area contributed by atoms with Crippen molar-refractivity contribution in [2.24, 2.45) is 0 Å². The van der Waals surface area contributed by atoms with Crippen LogP contribution in [0.1, 0.15) is 19.0 Å². The fourth-order valence-electron chi connectivity index (χ4n) is 1.65. The minimum Gasteiger partial charge on any atom is -0.348 e. The Bertz CT molecular complexity index is 650. The summed E-state index contributed by atoms with van der Waals surface area (Å²) in [5.41, 5.74) is -0.170. The topological polar surface area (TPSA) is 94.4 Å². The second-order valence-electron chi connectivity index (χ2n) is 4.59. The average Bonchev–Trinajstić information content (AvgIpc) is 2.46. The molecule has 1 aromatic rings. The molecule has 0 aliphatic heterocycles. The van der Waals surface area contributed by atoms with Crippen molar-refractivity contribution in [1.82, 2.24) is 14.2 Å². The van der Waals surface area contributed by atoms with Gasteiger partial charge in [0.05, 0.1) is 6.54 Å². The fraction of sp³-hybridized carbons (Fsp3) is 0.462. The number of hydrogen-bond donors (Lipinski definition) is 0. The number of aromatic nitrogens is 1. The van der Waals surface area contributed by atoms with Crippen LogP contribution in [0.25, 0.3) is 0 Å². The van der Waals surface area contributed by atoms with E-state index in [-0.39, 0.29) is 29.6 Å². The van der Waals surface area contributed by atoms with E-state index in [1.54, 1.807) is 20.2 Å². The van der Waals surface area contributed by atoms with Crippen LogP contribution in [0, 0.1) is 11.3 Å². The van der Waals surface area contributed by atoms with E-state index in [9.17, 15) is 13.2 Å². The molecule has 7 nitrogen and oxygen atoms in total.